The van der Waals surface area contributed by atoms with Gasteiger partial charge in [0.1, 0.15) is 5.82 Å². The molecule has 1 unspecified atom stereocenters. The lowest BCUT2D eigenvalue weighted by Gasteiger charge is -2.25. The van der Waals surface area contributed by atoms with Gasteiger partial charge in [0.05, 0.1) is 12.6 Å². The van der Waals surface area contributed by atoms with Crippen LogP contribution in [-0.4, -0.2) is 35.2 Å². The second kappa shape index (κ2) is 8.67. The Morgan fingerprint density at radius 1 is 1.23 bits per heavy atom. The number of hydrogen-bond acceptors (Lipinski definition) is 3. The number of urea groups is 1. The minimum absolute atomic E-state index is 0.0641. The highest BCUT2D eigenvalue weighted by atomic mass is 19.1. The Bertz CT molecular complexity index is 1100. The summed E-state index contributed by atoms with van der Waals surface area (Å²) in [4.78, 5) is 30.1. The SMILES string of the molecule is Cc1ccc2[nH]c(=O)c(CN(CC3CCCO3)C(=O)Nc3ccc(F)cc3)cc2c1. The van der Waals surface area contributed by atoms with E-state index in [1.807, 2.05) is 31.2 Å². The first-order chi connectivity index (χ1) is 14.5. The van der Waals surface area contributed by atoms with Crippen LogP contribution in [0.1, 0.15) is 24.0 Å². The van der Waals surface area contributed by atoms with Gasteiger partial charge in [-0.3, -0.25) is 4.79 Å². The number of H-pyrrole nitrogens is 1. The van der Waals surface area contributed by atoms with Crippen molar-refractivity contribution in [2.75, 3.05) is 18.5 Å². The zero-order chi connectivity index (χ0) is 21.1. The number of hydrogen-bond donors (Lipinski definition) is 2. The third-order valence-electron chi connectivity index (χ3n) is 5.27. The molecule has 2 heterocycles. The van der Waals surface area contributed by atoms with Gasteiger partial charge in [-0.1, -0.05) is 11.6 Å². The summed E-state index contributed by atoms with van der Waals surface area (Å²) in [6, 6.07) is 12.9. The molecule has 7 heteroatoms. The summed E-state index contributed by atoms with van der Waals surface area (Å²) in [6.07, 6.45) is 1.76. The summed E-state index contributed by atoms with van der Waals surface area (Å²) < 4.78 is 18.9. The number of nitrogens with one attached hydrogen (secondary N) is 2. The largest absolute Gasteiger partial charge is 0.376 e. The molecule has 4 rings (SSSR count). The lowest BCUT2D eigenvalue weighted by molar-refractivity contribution is 0.0818. The van der Waals surface area contributed by atoms with E-state index < -0.39 is 0 Å². The van der Waals surface area contributed by atoms with Gasteiger partial charge in [0.2, 0.25) is 0 Å². The maximum Gasteiger partial charge on any atom is 0.322 e. The number of anilines is 1. The van der Waals surface area contributed by atoms with Gasteiger partial charge in [-0.2, -0.15) is 0 Å². The van der Waals surface area contributed by atoms with Crippen molar-refractivity contribution >= 4 is 22.6 Å². The molecule has 2 N–H and O–H groups in total. The van der Waals surface area contributed by atoms with Crippen LogP contribution in [0.4, 0.5) is 14.9 Å². The van der Waals surface area contributed by atoms with E-state index in [9.17, 15) is 14.0 Å². The molecule has 1 saturated heterocycles. The van der Waals surface area contributed by atoms with Gasteiger partial charge in [-0.05, 0) is 67.6 Å². The van der Waals surface area contributed by atoms with Crippen molar-refractivity contribution < 1.29 is 13.9 Å². The maximum absolute atomic E-state index is 13.2. The molecule has 156 valence electrons. The summed E-state index contributed by atoms with van der Waals surface area (Å²) in [5, 5.41) is 3.70. The van der Waals surface area contributed by atoms with Crippen LogP contribution in [0.2, 0.25) is 0 Å². The predicted molar refractivity (Wildman–Crippen MR) is 114 cm³/mol. The summed E-state index contributed by atoms with van der Waals surface area (Å²) in [5.74, 6) is -0.373. The fourth-order valence-corrected chi connectivity index (χ4v) is 3.68. The number of pyridine rings is 1. The zero-order valence-electron chi connectivity index (χ0n) is 16.8. The molecule has 2 amide bonds. The molecule has 1 aliphatic heterocycles. The van der Waals surface area contributed by atoms with E-state index in [0.29, 0.717) is 24.4 Å². The molecular weight excluding hydrogens is 385 g/mol. The number of aryl methyl sites for hydroxylation is 1. The number of rotatable bonds is 5. The third-order valence-corrected chi connectivity index (χ3v) is 5.27. The van der Waals surface area contributed by atoms with E-state index in [4.69, 9.17) is 4.74 Å². The molecule has 0 spiro atoms. The van der Waals surface area contributed by atoms with Crippen LogP contribution in [0.15, 0.2) is 53.3 Å². The van der Waals surface area contributed by atoms with E-state index in [1.165, 1.54) is 24.3 Å². The molecule has 0 radical (unpaired) electrons. The van der Waals surface area contributed by atoms with E-state index in [1.54, 1.807) is 4.90 Å². The van der Waals surface area contributed by atoms with Crippen molar-refractivity contribution in [2.24, 2.45) is 0 Å². The van der Waals surface area contributed by atoms with Crippen molar-refractivity contribution in [3.05, 3.63) is 75.8 Å². The van der Waals surface area contributed by atoms with E-state index in [0.717, 1.165) is 29.3 Å². The van der Waals surface area contributed by atoms with Gasteiger partial charge in [-0.25, -0.2) is 9.18 Å². The van der Waals surface area contributed by atoms with Crippen LogP contribution in [0, 0.1) is 12.7 Å². The maximum atomic E-state index is 13.2. The van der Waals surface area contributed by atoms with Crippen LogP contribution in [0.25, 0.3) is 10.9 Å². The highest BCUT2D eigenvalue weighted by Crippen LogP contribution is 2.18. The standard InChI is InChI=1S/C23H24FN3O3/c1-15-4-9-21-16(11-15)12-17(22(28)26-21)13-27(14-20-3-2-10-30-20)23(29)25-19-7-5-18(24)6-8-19/h4-9,11-12,20H,2-3,10,13-14H2,1H3,(H,25,29)(H,26,28). The minimum atomic E-state index is -0.373. The average Bonchev–Trinajstić information content (AvgIpc) is 3.23. The molecule has 6 nitrogen and oxygen atoms in total. The number of ether oxygens (including phenoxy) is 1. The summed E-state index contributed by atoms with van der Waals surface area (Å²) in [7, 11) is 0. The lowest BCUT2D eigenvalue weighted by Crippen LogP contribution is -2.40. The fraction of sp³-hybridized carbons (Fsp3) is 0.304. The van der Waals surface area contributed by atoms with Crippen molar-refractivity contribution in [3.8, 4) is 0 Å². The molecule has 1 aliphatic rings. The summed E-state index contributed by atoms with van der Waals surface area (Å²) >= 11 is 0. The highest BCUT2D eigenvalue weighted by molar-refractivity contribution is 5.89. The van der Waals surface area contributed by atoms with Crippen molar-refractivity contribution in [2.45, 2.75) is 32.4 Å². The number of aromatic nitrogens is 1. The number of aromatic amines is 1. The number of carbonyl (C=O) groups excluding carboxylic acids is 1. The Hall–Kier alpha value is -3.19. The molecular formula is C23H24FN3O3. The topological polar surface area (TPSA) is 74.4 Å². The Balaban J connectivity index is 1.59. The molecule has 1 aromatic heterocycles. The highest BCUT2D eigenvalue weighted by Gasteiger charge is 2.24. The number of benzene rings is 2. The van der Waals surface area contributed by atoms with E-state index in [2.05, 4.69) is 10.3 Å². The number of nitrogens with zero attached hydrogens (tertiary/aromatic N) is 1. The van der Waals surface area contributed by atoms with E-state index >= 15 is 0 Å². The van der Waals surface area contributed by atoms with Crippen LogP contribution in [0.5, 0.6) is 0 Å². The number of amides is 2. The number of fused-ring (bicyclic) bond motifs is 1. The smallest absolute Gasteiger partial charge is 0.322 e. The predicted octanol–water partition coefficient (Wildman–Crippen LogP) is 4.19. The Morgan fingerprint density at radius 3 is 2.77 bits per heavy atom. The zero-order valence-corrected chi connectivity index (χ0v) is 16.8. The van der Waals surface area contributed by atoms with Crippen LogP contribution < -0.4 is 10.9 Å². The molecule has 0 aliphatic carbocycles. The van der Waals surface area contributed by atoms with Gasteiger partial charge in [0, 0.05) is 29.9 Å². The Kier molecular flexibility index (Phi) is 5.81. The number of carbonyl (C=O) groups is 1. The fourth-order valence-electron chi connectivity index (χ4n) is 3.68. The second-order valence-corrected chi connectivity index (χ2v) is 7.67. The van der Waals surface area contributed by atoms with Gasteiger partial charge in [0.25, 0.3) is 5.56 Å². The molecule has 1 atom stereocenters. The van der Waals surface area contributed by atoms with Crippen molar-refractivity contribution in [1.82, 2.24) is 9.88 Å². The van der Waals surface area contributed by atoms with E-state index in [-0.39, 0.29) is 30.1 Å². The van der Waals surface area contributed by atoms with Gasteiger partial charge in [0.15, 0.2) is 0 Å². The lowest BCUT2D eigenvalue weighted by atomic mass is 10.1. The van der Waals surface area contributed by atoms with Crippen LogP contribution >= 0.6 is 0 Å². The number of halogens is 1. The monoisotopic (exact) mass is 409 g/mol. The third kappa shape index (κ3) is 4.68. The molecule has 3 aromatic rings. The van der Waals surface area contributed by atoms with Crippen molar-refractivity contribution in [1.29, 1.82) is 0 Å². The van der Waals surface area contributed by atoms with Gasteiger partial charge in [-0.15, -0.1) is 0 Å². The Morgan fingerprint density at radius 2 is 2.03 bits per heavy atom. The normalized spacial score (nSPS) is 16.0. The van der Waals surface area contributed by atoms with Gasteiger partial charge >= 0.3 is 6.03 Å². The second-order valence-electron chi connectivity index (χ2n) is 7.67. The quantitative estimate of drug-likeness (QED) is 0.664. The first kappa shape index (κ1) is 20.1. The first-order valence-electron chi connectivity index (χ1n) is 10.0. The summed E-state index contributed by atoms with van der Waals surface area (Å²) in [5.41, 5.74) is 2.61. The average molecular weight is 409 g/mol. The molecule has 0 saturated carbocycles. The molecule has 2 aromatic carbocycles. The molecule has 0 bridgehead atoms. The Labute approximate surface area is 173 Å². The van der Waals surface area contributed by atoms with Crippen molar-refractivity contribution in [3.63, 3.8) is 0 Å². The minimum Gasteiger partial charge on any atom is -0.376 e. The van der Waals surface area contributed by atoms with Gasteiger partial charge < -0.3 is 19.9 Å². The summed E-state index contributed by atoms with van der Waals surface area (Å²) in [6.45, 7) is 3.18. The molecule has 30 heavy (non-hydrogen) atoms. The molecule has 1 fully saturated rings. The first-order valence-corrected chi connectivity index (χ1v) is 10.0. The van der Waals surface area contributed by atoms with Crippen LogP contribution in [-0.2, 0) is 11.3 Å². The van der Waals surface area contributed by atoms with Crippen LogP contribution in [0.3, 0.4) is 0 Å².